The Morgan fingerprint density at radius 2 is 1.78 bits per heavy atom. The van der Waals surface area contributed by atoms with Crippen molar-refractivity contribution in [1.82, 2.24) is 10.2 Å². The fourth-order valence-electron chi connectivity index (χ4n) is 3.57. The first-order valence-corrected chi connectivity index (χ1v) is 9.27. The van der Waals surface area contributed by atoms with E-state index in [-0.39, 0.29) is 24.6 Å². The molecule has 0 aliphatic carbocycles. The second-order valence-corrected chi connectivity index (χ2v) is 6.90. The van der Waals surface area contributed by atoms with Crippen LogP contribution in [0.4, 0.5) is 10.5 Å². The Bertz CT molecular complexity index is 824. The molecule has 3 amide bonds. The molecule has 2 aliphatic heterocycles. The summed E-state index contributed by atoms with van der Waals surface area (Å²) in [5.41, 5.74) is 3.35. The summed E-state index contributed by atoms with van der Waals surface area (Å²) in [6.07, 6.45) is 0.764. The van der Waals surface area contributed by atoms with Gasteiger partial charge in [-0.15, -0.1) is 0 Å². The lowest BCUT2D eigenvalue weighted by Crippen LogP contribution is -2.43. The minimum atomic E-state index is -0.152. The van der Waals surface area contributed by atoms with E-state index >= 15 is 0 Å². The average molecular weight is 365 g/mol. The number of amides is 3. The van der Waals surface area contributed by atoms with Crippen LogP contribution in [0.1, 0.15) is 11.1 Å². The molecule has 6 nitrogen and oxygen atoms in total. The van der Waals surface area contributed by atoms with Gasteiger partial charge in [0.05, 0.1) is 12.7 Å². The molecule has 2 aliphatic rings. The van der Waals surface area contributed by atoms with Gasteiger partial charge in [-0.1, -0.05) is 42.5 Å². The molecule has 4 rings (SSSR count). The van der Waals surface area contributed by atoms with E-state index in [0.29, 0.717) is 26.2 Å². The Balaban J connectivity index is 1.26. The molecule has 1 N–H and O–H groups in total. The molecule has 1 fully saturated rings. The predicted octanol–water partition coefficient (Wildman–Crippen LogP) is 2.19. The smallest absolute Gasteiger partial charge is 0.325 e. The minimum Gasteiger partial charge on any atom is -0.371 e. The molecule has 1 saturated heterocycles. The van der Waals surface area contributed by atoms with E-state index in [1.165, 1.54) is 11.1 Å². The van der Waals surface area contributed by atoms with Crippen LogP contribution in [0.2, 0.25) is 0 Å². The molecule has 0 aromatic heterocycles. The van der Waals surface area contributed by atoms with E-state index in [1.807, 2.05) is 42.5 Å². The van der Waals surface area contributed by atoms with Crippen LogP contribution in [-0.2, 0) is 22.6 Å². The summed E-state index contributed by atoms with van der Waals surface area (Å²) in [4.78, 5) is 28.1. The SMILES string of the molecule is O=C(CN1CCN(c2ccccc2)C1=O)NC[C@@H]1Cc2ccccc2CO1. The molecule has 2 aromatic carbocycles. The number of nitrogens with one attached hydrogen (secondary N) is 1. The highest BCUT2D eigenvalue weighted by atomic mass is 16.5. The number of fused-ring (bicyclic) bond motifs is 1. The van der Waals surface area contributed by atoms with E-state index in [1.54, 1.807) is 9.80 Å². The number of urea groups is 1. The van der Waals surface area contributed by atoms with Gasteiger partial charge in [0.15, 0.2) is 0 Å². The second kappa shape index (κ2) is 7.80. The van der Waals surface area contributed by atoms with Gasteiger partial charge in [-0.25, -0.2) is 4.79 Å². The Labute approximate surface area is 158 Å². The summed E-state index contributed by atoms with van der Waals surface area (Å²) < 4.78 is 5.82. The molecule has 27 heavy (non-hydrogen) atoms. The summed E-state index contributed by atoms with van der Waals surface area (Å²) in [6, 6.07) is 17.6. The van der Waals surface area contributed by atoms with Crippen molar-refractivity contribution in [3.8, 4) is 0 Å². The van der Waals surface area contributed by atoms with Crippen LogP contribution in [0.3, 0.4) is 0 Å². The van der Waals surface area contributed by atoms with E-state index in [4.69, 9.17) is 4.74 Å². The van der Waals surface area contributed by atoms with Crippen LogP contribution < -0.4 is 10.2 Å². The normalized spacial score (nSPS) is 19.1. The van der Waals surface area contributed by atoms with Crippen molar-refractivity contribution in [1.29, 1.82) is 0 Å². The highest BCUT2D eigenvalue weighted by molar-refractivity contribution is 5.96. The molecule has 0 unspecified atom stereocenters. The lowest BCUT2D eigenvalue weighted by molar-refractivity contribution is -0.122. The molecular weight excluding hydrogens is 342 g/mol. The van der Waals surface area contributed by atoms with Crippen molar-refractivity contribution in [2.45, 2.75) is 19.1 Å². The van der Waals surface area contributed by atoms with Crippen LogP contribution in [-0.4, -0.2) is 49.1 Å². The number of carbonyl (C=O) groups excluding carboxylic acids is 2. The van der Waals surface area contributed by atoms with Gasteiger partial charge < -0.3 is 15.0 Å². The fraction of sp³-hybridized carbons (Fsp3) is 0.333. The van der Waals surface area contributed by atoms with Crippen molar-refractivity contribution in [3.05, 3.63) is 65.7 Å². The van der Waals surface area contributed by atoms with Gasteiger partial charge in [0.1, 0.15) is 6.54 Å². The third-order valence-electron chi connectivity index (χ3n) is 5.06. The van der Waals surface area contributed by atoms with Crippen LogP contribution in [0.25, 0.3) is 0 Å². The average Bonchev–Trinajstić information content (AvgIpc) is 3.07. The molecule has 6 heteroatoms. The Hall–Kier alpha value is -2.86. The Kier molecular flexibility index (Phi) is 5.07. The van der Waals surface area contributed by atoms with Crippen molar-refractivity contribution >= 4 is 17.6 Å². The number of para-hydroxylation sites is 1. The van der Waals surface area contributed by atoms with Gasteiger partial charge in [-0.05, 0) is 23.3 Å². The number of hydrogen-bond donors (Lipinski definition) is 1. The van der Waals surface area contributed by atoms with Crippen molar-refractivity contribution in [2.24, 2.45) is 0 Å². The van der Waals surface area contributed by atoms with Gasteiger partial charge in [0.25, 0.3) is 0 Å². The summed E-state index contributed by atoms with van der Waals surface area (Å²) >= 11 is 0. The van der Waals surface area contributed by atoms with E-state index in [2.05, 4.69) is 17.4 Å². The van der Waals surface area contributed by atoms with Crippen molar-refractivity contribution in [2.75, 3.05) is 31.1 Å². The van der Waals surface area contributed by atoms with Gasteiger partial charge in [-0.3, -0.25) is 9.69 Å². The molecule has 2 heterocycles. The van der Waals surface area contributed by atoms with Crippen LogP contribution >= 0.6 is 0 Å². The third-order valence-corrected chi connectivity index (χ3v) is 5.06. The number of hydrogen-bond acceptors (Lipinski definition) is 3. The lowest BCUT2D eigenvalue weighted by Gasteiger charge is -2.26. The highest BCUT2D eigenvalue weighted by Gasteiger charge is 2.30. The highest BCUT2D eigenvalue weighted by Crippen LogP contribution is 2.21. The zero-order valence-electron chi connectivity index (χ0n) is 15.1. The standard InChI is InChI=1S/C21H23N3O3/c25-20(22-13-19-12-16-6-4-5-7-17(16)15-27-19)14-23-10-11-24(21(23)26)18-8-2-1-3-9-18/h1-9,19H,10-15H2,(H,22,25)/t19-/m0/s1. The number of anilines is 1. The van der Waals surface area contributed by atoms with E-state index < -0.39 is 0 Å². The number of ether oxygens (including phenoxy) is 1. The summed E-state index contributed by atoms with van der Waals surface area (Å²) in [5.74, 6) is -0.152. The van der Waals surface area contributed by atoms with Crippen molar-refractivity contribution in [3.63, 3.8) is 0 Å². The van der Waals surface area contributed by atoms with Crippen LogP contribution in [0, 0.1) is 0 Å². The maximum atomic E-state index is 12.5. The fourth-order valence-corrected chi connectivity index (χ4v) is 3.57. The molecule has 1 atom stereocenters. The van der Waals surface area contributed by atoms with Crippen LogP contribution in [0.5, 0.6) is 0 Å². The van der Waals surface area contributed by atoms with Crippen molar-refractivity contribution < 1.29 is 14.3 Å². The Morgan fingerprint density at radius 3 is 2.59 bits per heavy atom. The summed E-state index contributed by atoms with van der Waals surface area (Å²) in [6.45, 7) is 2.25. The Morgan fingerprint density at radius 1 is 1.04 bits per heavy atom. The number of carbonyl (C=O) groups is 2. The first kappa shape index (κ1) is 17.5. The largest absolute Gasteiger partial charge is 0.371 e. The number of nitrogens with zero attached hydrogens (tertiary/aromatic N) is 2. The number of rotatable bonds is 5. The lowest BCUT2D eigenvalue weighted by atomic mass is 9.99. The third kappa shape index (κ3) is 3.95. The predicted molar refractivity (Wildman–Crippen MR) is 102 cm³/mol. The molecule has 0 bridgehead atoms. The second-order valence-electron chi connectivity index (χ2n) is 6.90. The van der Waals surface area contributed by atoms with E-state index in [0.717, 1.165) is 12.1 Å². The topological polar surface area (TPSA) is 61.9 Å². The number of benzene rings is 2. The molecule has 0 saturated carbocycles. The maximum absolute atomic E-state index is 12.5. The zero-order chi connectivity index (χ0) is 18.6. The summed E-state index contributed by atoms with van der Waals surface area (Å²) in [5, 5.41) is 2.91. The monoisotopic (exact) mass is 365 g/mol. The minimum absolute atomic E-state index is 0.0288. The quantitative estimate of drug-likeness (QED) is 0.884. The molecule has 140 valence electrons. The van der Waals surface area contributed by atoms with Gasteiger partial charge >= 0.3 is 6.03 Å². The first-order valence-electron chi connectivity index (χ1n) is 9.27. The van der Waals surface area contributed by atoms with Gasteiger partial charge in [0.2, 0.25) is 5.91 Å². The molecule has 0 radical (unpaired) electrons. The van der Waals surface area contributed by atoms with Gasteiger partial charge in [0, 0.05) is 31.7 Å². The summed E-state index contributed by atoms with van der Waals surface area (Å²) in [7, 11) is 0. The van der Waals surface area contributed by atoms with Crippen LogP contribution in [0.15, 0.2) is 54.6 Å². The molecule has 2 aromatic rings. The van der Waals surface area contributed by atoms with Gasteiger partial charge in [-0.2, -0.15) is 0 Å². The zero-order valence-corrected chi connectivity index (χ0v) is 15.1. The molecular formula is C21H23N3O3. The maximum Gasteiger partial charge on any atom is 0.325 e. The molecule has 0 spiro atoms. The van der Waals surface area contributed by atoms with E-state index in [9.17, 15) is 9.59 Å². The first-order chi connectivity index (χ1) is 13.2.